The molecule has 1 aromatic rings. The first-order valence-electron chi connectivity index (χ1n) is 11.4. The van der Waals surface area contributed by atoms with Gasteiger partial charge < -0.3 is 4.90 Å². The van der Waals surface area contributed by atoms with Gasteiger partial charge in [0.2, 0.25) is 0 Å². The number of hydrogen-bond acceptors (Lipinski definition) is 2. The van der Waals surface area contributed by atoms with Crippen LogP contribution in [-0.4, -0.2) is 30.0 Å². The minimum Gasteiger partial charge on any atom is -0.306 e. The van der Waals surface area contributed by atoms with Gasteiger partial charge in [0.15, 0.2) is 0 Å². The van der Waals surface area contributed by atoms with E-state index >= 15 is 0 Å². The molecule has 2 heteroatoms. The first kappa shape index (κ1) is 17.9. The van der Waals surface area contributed by atoms with Gasteiger partial charge in [-0.25, -0.2) is 0 Å². The van der Waals surface area contributed by atoms with Crippen LogP contribution in [0.3, 0.4) is 0 Å². The Balaban J connectivity index is 1.36. The third kappa shape index (κ3) is 2.82. The van der Waals surface area contributed by atoms with Crippen LogP contribution in [0.1, 0.15) is 63.9 Å². The molecule has 4 aliphatic carbocycles. The van der Waals surface area contributed by atoms with Gasteiger partial charge in [0.25, 0.3) is 0 Å². The van der Waals surface area contributed by atoms with Crippen LogP contribution in [0.4, 0.5) is 0 Å². The molecule has 0 aliphatic heterocycles. The number of allylic oxidation sites excluding steroid dienone is 2. The van der Waals surface area contributed by atoms with E-state index in [4.69, 9.17) is 0 Å². The monoisotopic (exact) mass is 364 g/mol. The molecule has 0 N–H and O–H groups in total. The topological polar surface area (TPSA) is 16.1 Å². The maximum atomic E-state index is 4.41. The van der Waals surface area contributed by atoms with Crippen molar-refractivity contribution in [1.82, 2.24) is 9.88 Å². The molecule has 0 amide bonds. The lowest BCUT2D eigenvalue weighted by molar-refractivity contribution is -0.0482. The molecule has 3 unspecified atom stereocenters. The Morgan fingerprint density at radius 1 is 1.04 bits per heavy atom. The number of fused-ring (bicyclic) bond motifs is 5. The predicted octanol–water partition coefficient (Wildman–Crippen LogP) is 5.66. The van der Waals surface area contributed by atoms with E-state index in [0.29, 0.717) is 5.41 Å². The Morgan fingerprint density at radius 3 is 2.67 bits per heavy atom. The summed E-state index contributed by atoms with van der Waals surface area (Å²) in [5.41, 5.74) is 3.37. The number of hydrogen-bond donors (Lipinski definition) is 0. The van der Waals surface area contributed by atoms with Crippen molar-refractivity contribution in [3.8, 4) is 0 Å². The molecule has 0 bridgehead atoms. The second kappa shape index (κ2) is 6.72. The molecule has 27 heavy (non-hydrogen) atoms. The number of aromatic nitrogens is 1. The summed E-state index contributed by atoms with van der Waals surface area (Å²) in [5.74, 6) is 4.87. The van der Waals surface area contributed by atoms with Crippen molar-refractivity contribution < 1.29 is 0 Å². The summed E-state index contributed by atoms with van der Waals surface area (Å²) < 4.78 is 0. The van der Waals surface area contributed by atoms with Crippen molar-refractivity contribution in [2.45, 2.75) is 64.3 Å². The summed E-state index contributed by atoms with van der Waals surface area (Å²) in [6.45, 7) is 2.58. The van der Waals surface area contributed by atoms with E-state index < -0.39 is 0 Å². The molecule has 2 nitrogen and oxygen atoms in total. The molecule has 0 aromatic carbocycles. The van der Waals surface area contributed by atoms with Crippen molar-refractivity contribution in [3.63, 3.8) is 0 Å². The first-order chi connectivity index (χ1) is 13.1. The van der Waals surface area contributed by atoms with E-state index in [1.54, 1.807) is 5.57 Å². The molecule has 0 spiro atoms. The van der Waals surface area contributed by atoms with Gasteiger partial charge in [-0.05, 0) is 118 Å². The zero-order valence-corrected chi connectivity index (χ0v) is 17.4. The van der Waals surface area contributed by atoms with Gasteiger partial charge in [0, 0.05) is 18.4 Å². The molecule has 0 saturated heterocycles. The minimum absolute atomic E-state index is 0.387. The highest BCUT2D eigenvalue weighted by atomic mass is 15.1. The highest BCUT2D eigenvalue weighted by molar-refractivity contribution is 5.72. The molecule has 3 fully saturated rings. The zero-order chi connectivity index (χ0) is 18.6. The Kier molecular flexibility index (Phi) is 4.46. The molecule has 1 aromatic heterocycles. The molecule has 1 heterocycles. The van der Waals surface area contributed by atoms with Gasteiger partial charge in [-0.2, -0.15) is 0 Å². The summed E-state index contributed by atoms with van der Waals surface area (Å²) >= 11 is 0. The summed E-state index contributed by atoms with van der Waals surface area (Å²) in [4.78, 5) is 6.90. The van der Waals surface area contributed by atoms with E-state index in [0.717, 1.165) is 35.6 Å². The number of rotatable bonds is 2. The zero-order valence-electron chi connectivity index (χ0n) is 17.4. The molecular formula is C25H36N2. The fourth-order valence-electron chi connectivity index (χ4n) is 7.83. The van der Waals surface area contributed by atoms with Gasteiger partial charge in [0.05, 0.1) is 0 Å². The maximum absolute atomic E-state index is 4.41. The highest BCUT2D eigenvalue weighted by Crippen LogP contribution is 2.64. The molecule has 0 radical (unpaired) electrons. The van der Waals surface area contributed by atoms with Crippen LogP contribution in [0.15, 0.2) is 30.6 Å². The van der Waals surface area contributed by atoms with E-state index in [1.165, 1.54) is 56.9 Å². The lowest BCUT2D eigenvalue weighted by Crippen LogP contribution is -2.49. The Labute approximate surface area is 165 Å². The number of pyridine rings is 1. The Bertz CT molecular complexity index is 708. The summed E-state index contributed by atoms with van der Waals surface area (Å²) in [7, 11) is 4.57. The molecule has 7 atom stereocenters. The Hall–Kier alpha value is -1.15. The lowest BCUT2D eigenvalue weighted by Gasteiger charge is -2.56. The molecule has 146 valence electrons. The van der Waals surface area contributed by atoms with E-state index in [1.807, 2.05) is 6.20 Å². The standard InChI is InChI=1S/C25H36N2/c1-25-13-12-21-20-9-7-19(27(2)3)15-17(20)6-8-22(21)24(25)11-10-23(25)18-5-4-14-26-16-18/h4-5,10,14,16-17,19-22,24H,6-9,11-13,15H2,1-3H3/t17-,19-,20?,21+,22?,24-,25?/m0/s1. The van der Waals surface area contributed by atoms with Gasteiger partial charge in [-0.3, -0.25) is 4.98 Å². The average Bonchev–Trinajstić information content (AvgIpc) is 3.05. The van der Waals surface area contributed by atoms with Crippen LogP contribution < -0.4 is 0 Å². The predicted molar refractivity (Wildman–Crippen MR) is 112 cm³/mol. The van der Waals surface area contributed by atoms with Crippen molar-refractivity contribution in [2.75, 3.05) is 14.1 Å². The maximum Gasteiger partial charge on any atom is 0.0343 e. The normalized spacial score (nSPS) is 43.6. The van der Waals surface area contributed by atoms with Crippen molar-refractivity contribution in [1.29, 1.82) is 0 Å². The van der Waals surface area contributed by atoms with E-state index in [2.05, 4.69) is 55.3 Å². The van der Waals surface area contributed by atoms with Crippen molar-refractivity contribution >= 4 is 5.57 Å². The van der Waals surface area contributed by atoms with E-state index in [9.17, 15) is 0 Å². The molecule has 5 rings (SSSR count). The van der Waals surface area contributed by atoms with Gasteiger partial charge >= 0.3 is 0 Å². The molecular weight excluding hydrogens is 328 g/mol. The third-order valence-corrected chi connectivity index (χ3v) is 9.21. The van der Waals surface area contributed by atoms with Crippen molar-refractivity contribution in [2.24, 2.45) is 35.0 Å². The second-order valence-electron chi connectivity index (χ2n) is 10.4. The first-order valence-corrected chi connectivity index (χ1v) is 11.4. The molecule has 3 saturated carbocycles. The largest absolute Gasteiger partial charge is 0.306 e. The average molecular weight is 365 g/mol. The summed E-state index contributed by atoms with van der Waals surface area (Å²) in [6.07, 6.45) is 18.1. The molecule has 4 aliphatic rings. The SMILES string of the molecule is CN(C)[C@H]1CCC2[C@@H](CCC3[C@@H]2CCC2(C)C(c4cccnc4)=CC[C@@H]32)C1. The number of nitrogens with zero attached hydrogens (tertiary/aromatic N) is 2. The van der Waals surface area contributed by atoms with Crippen LogP contribution in [0.2, 0.25) is 0 Å². The van der Waals surface area contributed by atoms with E-state index in [-0.39, 0.29) is 0 Å². The van der Waals surface area contributed by atoms with Crippen LogP contribution >= 0.6 is 0 Å². The highest BCUT2D eigenvalue weighted by Gasteiger charge is 2.54. The van der Waals surface area contributed by atoms with Gasteiger partial charge in [0.1, 0.15) is 0 Å². The van der Waals surface area contributed by atoms with Crippen LogP contribution in [0.25, 0.3) is 5.57 Å². The van der Waals surface area contributed by atoms with Crippen LogP contribution in [0, 0.1) is 35.0 Å². The quantitative estimate of drug-likeness (QED) is 0.673. The fourth-order valence-corrected chi connectivity index (χ4v) is 7.83. The van der Waals surface area contributed by atoms with Gasteiger partial charge in [-0.15, -0.1) is 0 Å². The second-order valence-corrected chi connectivity index (χ2v) is 10.4. The van der Waals surface area contributed by atoms with Crippen LogP contribution in [0.5, 0.6) is 0 Å². The smallest absolute Gasteiger partial charge is 0.0343 e. The van der Waals surface area contributed by atoms with Crippen molar-refractivity contribution in [3.05, 3.63) is 36.2 Å². The minimum atomic E-state index is 0.387. The fraction of sp³-hybridized carbons (Fsp3) is 0.720. The summed E-state index contributed by atoms with van der Waals surface area (Å²) in [6, 6.07) is 5.22. The Morgan fingerprint density at radius 2 is 1.89 bits per heavy atom. The van der Waals surface area contributed by atoms with Crippen LogP contribution in [-0.2, 0) is 0 Å². The lowest BCUT2D eigenvalue weighted by atomic mass is 9.49. The van der Waals surface area contributed by atoms with Gasteiger partial charge in [-0.1, -0.05) is 19.1 Å². The summed E-state index contributed by atoms with van der Waals surface area (Å²) in [5, 5.41) is 0. The third-order valence-electron chi connectivity index (χ3n) is 9.21.